The van der Waals surface area contributed by atoms with Crippen LogP contribution in [0.2, 0.25) is 5.15 Å². The van der Waals surface area contributed by atoms with E-state index in [1.54, 1.807) is 17.4 Å². The van der Waals surface area contributed by atoms with Gasteiger partial charge in [0.1, 0.15) is 16.0 Å². The number of nitrogens with zero attached hydrogens (tertiary/aromatic N) is 3. The third kappa shape index (κ3) is 3.40. The zero-order valence-electron chi connectivity index (χ0n) is 9.77. The minimum Gasteiger partial charge on any atom is -0.235 e. The van der Waals surface area contributed by atoms with E-state index < -0.39 is 0 Å². The van der Waals surface area contributed by atoms with Crippen LogP contribution in [0.15, 0.2) is 20.8 Å². The van der Waals surface area contributed by atoms with E-state index in [2.05, 4.69) is 15.0 Å². The molecule has 0 fully saturated rings. The van der Waals surface area contributed by atoms with Crippen molar-refractivity contribution in [1.29, 1.82) is 0 Å². The van der Waals surface area contributed by atoms with Gasteiger partial charge >= 0.3 is 0 Å². The minimum atomic E-state index is 0.270. The van der Waals surface area contributed by atoms with Gasteiger partial charge in [-0.25, -0.2) is 15.0 Å². The van der Waals surface area contributed by atoms with Crippen LogP contribution in [0.25, 0.3) is 0 Å². The van der Waals surface area contributed by atoms with Crippen molar-refractivity contribution in [3.05, 3.63) is 28.1 Å². The molecule has 2 rings (SSSR count). The first-order valence-corrected chi connectivity index (χ1v) is 7.26. The summed E-state index contributed by atoms with van der Waals surface area (Å²) in [4.78, 5) is 13.1. The molecule has 6 heteroatoms. The number of hydrogen-bond acceptors (Lipinski definition) is 5. The molecule has 0 aliphatic heterocycles. The Kier molecular flexibility index (Phi) is 4.01. The number of hydrogen-bond donors (Lipinski definition) is 0. The van der Waals surface area contributed by atoms with Gasteiger partial charge < -0.3 is 0 Å². The number of halogens is 1. The molecule has 90 valence electrons. The van der Waals surface area contributed by atoms with E-state index in [9.17, 15) is 0 Å². The quantitative estimate of drug-likeness (QED) is 0.794. The third-order valence-electron chi connectivity index (χ3n) is 1.99. The molecule has 0 aliphatic rings. The Hall–Kier alpha value is -0.650. The minimum absolute atomic E-state index is 0.270. The van der Waals surface area contributed by atoms with Gasteiger partial charge in [0.25, 0.3) is 0 Å². The molecular weight excluding hydrogens is 274 g/mol. The van der Waals surface area contributed by atoms with Gasteiger partial charge in [-0.3, -0.25) is 0 Å². The van der Waals surface area contributed by atoms with Crippen molar-refractivity contribution < 1.29 is 0 Å². The van der Waals surface area contributed by atoms with Crippen LogP contribution in [0.1, 0.15) is 31.3 Å². The average molecular weight is 286 g/mol. The molecule has 0 atom stereocenters. The van der Waals surface area contributed by atoms with Crippen molar-refractivity contribution >= 4 is 34.7 Å². The Bertz CT molecular complexity index is 525. The van der Waals surface area contributed by atoms with Crippen molar-refractivity contribution in [3.63, 3.8) is 0 Å². The lowest BCUT2D eigenvalue weighted by Crippen LogP contribution is -1.98. The summed E-state index contributed by atoms with van der Waals surface area (Å²) in [5.41, 5.74) is 1.03. The van der Waals surface area contributed by atoms with E-state index in [1.807, 2.05) is 26.2 Å². The first kappa shape index (κ1) is 12.8. The Morgan fingerprint density at radius 1 is 1.29 bits per heavy atom. The summed E-state index contributed by atoms with van der Waals surface area (Å²) in [6.07, 6.45) is 0. The second-order valence-electron chi connectivity index (χ2n) is 3.90. The van der Waals surface area contributed by atoms with Crippen LogP contribution in [0.4, 0.5) is 0 Å². The number of rotatable bonds is 3. The Balaban J connectivity index is 2.26. The molecule has 0 amide bonds. The molecule has 2 heterocycles. The second kappa shape index (κ2) is 5.33. The Morgan fingerprint density at radius 3 is 2.65 bits per heavy atom. The zero-order chi connectivity index (χ0) is 12.4. The molecule has 0 radical (unpaired) electrons. The van der Waals surface area contributed by atoms with Crippen LogP contribution in [-0.2, 0) is 0 Å². The molecule has 0 saturated carbocycles. The first-order chi connectivity index (χ1) is 8.04. The van der Waals surface area contributed by atoms with E-state index in [0.29, 0.717) is 5.15 Å². The summed E-state index contributed by atoms with van der Waals surface area (Å²) in [5, 5.41) is 3.36. The molecular formula is C11H12ClN3S2. The molecule has 0 spiro atoms. The standard InChI is InChI=1S/C11H12ClN3S2/c1-6(2)10-14-8(12)4-9(15-10)17-11-13-7(3)5-16-11/h4-6H,1-3H3. The topological polar surface area (TPSA) is 38.7 Å². The van der Waals surface area contributed by atoms with Crippen molar-refractivity contribution in [2.24, 2.45) is 0 Å². The lowest BCUT2D eigenvalue weighted by Gasteiger charge is -2.05. The number of aryl methyl sites for hydroxylation is 1. The molecule has 0 unspecified atom stereocenters. The van der Waals surface area contributed by atoms with E-state index >= 15 is 0 Å². The third-order valence-corrected chi connectivity index (χ3v) is 4.16. The summed E-state index contributed by atoms with van der Waals surface area (Å²) in [6, 6.07) is 1.77. The molecule has 0 saturated heterocycles. The Labute approximate surface area is 114 Å². The maximum atomic E-state index is 5.98. The molecule has 0 bridgehead atoms. The summed E-state index contributed by atoms with van der Waals surface area (Å²) in [5.74, 6) is 1.04. The molecule has 3 nitrogen and oxygen atoms in total. The van der Waals surface area contributed by atoms with Gasteiger partial charge in [-0.05, 0) is 18.7 Å². The lowest BCUT2D eigenvalue weighted by atomic mass is 10.2. The second-order valence-corrected chi connectivity index (χ2v) is 6.41. The van der Waals surface area contributed by atoms with Gasteiger partial charge in [0.2, 0.25) is 0 Å². The van der Waals surface area contributed by atoms with Crippen LogP contribution in [0.3, 0.4) is 0 Å². The van der Waals surface area contributed by atoms with Crippen molar-refractivity contribution in [2.75, 3.05) is 0 Å². The van der Waals surface area contributed by atoms with Gasteiger partial charge in [-0.15, -0.1) is 11.3 Å². The fraction of sp³-hybridized carbons (Fsp3) is 0.364. The van der Waals surface area contributed by atoms with E-state index in [0.717, 1.165) is 20.9 Å². The SMILES string of the molecule is Cc1csc(Sc2cc(Cl)nc(C(C)C)n2)n1. The number of aromatic nitrogens is 3. The maximum absolute atomic E-state index is 5.98. The molecule has 0 aliphatic carbocycles. The van der Waals surface area contributed by atoms with Crippen molar-refractivity contribution in [3.8, 4) is 0 Å². The molecule has 2 aromatic heterocycles. The molecule has 17 heavy (non-hydrogen) atoms. The maximum Gasteiger partial charge on any atom is 0.156 e. The van der Waals surface area contributed by atoms with Crippen LogP contribution in [0.5, 0.6) is 0 Å². The van der Waals surface area contributed by atoms with Crippen LogP contribution in [-0.4, -0.2) is 15.0 Å². The van der Waals surface area contributed by atoms with Gasteiger partial charge in [-0.1, -0.05) is 25.4 Å². The predicted octanol–water partition coefficient (Wildman–Crippen LogP) is 4.17. The largest absolute Gasteiger partial charge is 0.235 e. The monoisotopic (exact) mass is 285 g/mol. The highest BCUT2D eigenvalue weighted by Gasteiger charge is 2.09. The number of thiazole rings is 1. The van der Waals surface area contributed by atoms with Gasteiger partial charge in [0, 0.05) is 23.1 Å². The fourth-order valence-corrected chi connectivity index (χ4v) is 3.24. The highest BCUT2D eigenvalue weighted by molar-refractivity contribution is 8.01. The van der Waals surface area contributed by atoms with Crippen LogP contribution >= 0.6 is 34.7 Å². The van der Waals surface area contributed by atoms with Gasteiger partial charge in [0.05, 0.1) is 0 Å². The summed E-state index contributed by atoms with van der Waals surface area (Å²) in [6.45, 7) is 6.08. The molecule has 2 aromatic rings. The van der Waals surface area contributed by atoms with Crippen molar-refractivity contribution in [1.82, 2.24) is 15.0 Å². The van der Waals surface area contributed by atoms with E-state index in [-0.39, 0.29) is 5.92 Å². The molecule has 0 aromatic carbocycles. The fourth-order valence-electron chi connectivity index (χ4n) is 1.19. The van der Waals surface area contributed by atoms with Crippen LogP contribution < -0.4 is 0 Å². The summed E-state index contributed by atoms with van der Waals surface area (Å²) >= 11 is 9.12. The predicted molar refractivity (Wildman–Crippen MR) is 72.1 cm³/mol. The summed E-state index contributed by atoms with van der Waals surface area (Å²) < 4.78 is 0.979. The zero-order valence-corrected chi connectivity index (χ0v) is 12.2. The van der Waals surface area contributed by atoms with E-state index in [1.165, 1.54) is 11.8 Å². The first-order valence-electron chi connectivity index (χ1n) is 5.19. The van der Waals surface area contributed by atoms with Gasteiger partial charge in [-0.2, -0.15) is 0 Å². The molecule has 0 N–H and O–H groups in total. The average Bonchev–Trinajstić information content (AvgIpc) is 2.63. The Morgan fingerprint density at radius 2 is 2.06 bits per heavy atom. The smallest absolute Gasteiger partial charge is 0.156 e. The highest BCUT2D eigenvalue weighted by Crippen LogP contribution is 2.30. The van der Waals surface area contributed by atoms with Gasteiger partial charge in [0.15, 0.2) is 4.34 Å². The normalized spacial score (nSPS) is 11.1. The van der Waals surface area contributed by atoms with E-state index in [4.69, 9.17) is 11.6 Å². The highest BCUT2D eigenvalue weighted by atomic mass is 35.5. The summed E-state index contributed by atoms with van der Waals surface area (Å²) in [7, 11) is 0. The van der Waals surface area contributed by atoms with Crippen molar-refractivity contribution in [2.45, 2.75) is 36.1 Å². The van der Waals surface area contributed by atoms with Crippen LogP contribution in [0, 0.1) is 6.92 Å². The lowest BCUT2D eigenvalue weighted by molar-refractivity contribution is 0.753.